The van der Waals surface area contributed by atoms with Gasteiger partial charge in [-0.3, -0.25) is 14.8 Å². The highest BCUT2D eigenvalue weighted by atomic mass is 16.3. The van der Waals surface area contributed by atoms with Crippen LogP contribution in [0.25, 0.3) is 17.1 Å². The molecule has 128 valence electrons. The zero-order valence-electron chi connectivity index (χ0n) is 14.3. The molecule has 0 saturated heterocycles. The highest BCUT2D eigenvalue weighted by Crippen LogP contribution is 2.24. The number of aromatic hydroxyl groups is 1. The zero-order valence-corrected chi connectivity index (χ0v) is 14.3. The summed E-state index contributed by atoms with van der Waals surface area (Å²) in [6.07, 6.45) is 3.06. The molecule has 3 aromatic rings. The fourth-order valence-electron chi connectivity index (χ4n) is 2.33. The Bertz CT molecular complexity index is 822. The lowest BCUT2D eigenvalue weighted by Crippen LogP contribution is -2.26. The van der Waals surface area contributed by atoms with E-state index in [0.29, 0.717) is 23.6 Å². The first-order valence-corrected chi connectivity index (χ1v) is 7.93. The van der Waals surface area contributed by atoms with Crippen molar-refractivity contribution in [3.05, 3.63) is 54.1 Å². The number of aryl methyl sites for hydroxylation is 1. The number of hydrogen-bond donors (Lipinski definition) is 1. The molecule has 1 N–H and O–H groups in total. The molecule has 0 aromatic carbocycles. The molecule has 7 nitrogen and oxygen atoms in total. The third-order valence-corrected chi connectivity index (χ3v) is 3.90. The lowest BCUT2D eigenvalue weighted by Gasteiger charge is -2.11. The van der Waals surface area contributed by atoms with E-state index in [1.54, 1.807) is 41.0 Å². The average Bonchev–Trinajstić information content (AvgIpc) is 3.07. The molecule has 0 aliphatic heterocycles. The predicted octanol–water partition coefficient (Wildman–Crippen LogP) is 2.44. The Kier molecular flexibility index (Phi) is 4.47. The number of carbonyl (C=O) groups excluding carboxylic acids is 1. The zero-order chi connectivity index (χ0) is 18.0. The average molecular weight is 337 g/mol. The Morgan fingerprint density at radius 2 is 2.00 bits per heavy atom. The van der Waals surface area contributed by atoms with Crippen molar-refractivity contribution in [1.82, 2.24) is 24.6 Å². The van der Waals surface area contributed by atoms with Crippen molar-refractivity contribution in [1.29, 1.82) is 0 Å². The molecule has 7 heteroatoms. The Morgan fingerprint density at radius 3 is 2.60 bits per heavy atom. The van der Waals surface area contributed by atoms with E-state index in [4.69, 9.17) is 0 Å². The van der Waals surface area contributed by atoms with Gasteiger partial charge in [0.25, 0.3) is 5.91 Å². The van der Waals surface area contributed by atoms with Gasteiger partial charge in [-0.25, -0.2) is 4.68 Å². The molecule has 0 aliphatic rings. The van der Waals surface area contributed by atoms with Gasteiger partial charge in [0, 0.05) is 19.3 Å². The monoisotopic (exact) mass is 337 g/mol. The molecule has 3 aromatic heterocycles. The summed E-state index contributed by atoms with van der Waals surface area (Å²) in [6, 6.07) is 8.70. The van der Waals surface area contributed by atoms with Crippen molar-refractivity contribution in [2.24, 2.45) is 0 Å². The van der Waals surface area contributed by atoms with Crippen LogP contribution in [-0.2, 0) is 0 Å². The molecule has 1 amide bonds. The Labute approximate surface area is 145 Å². The number of nitrogens with zero attached hydrogens (tertiary/aromatic N) is 5. The summed E-state index contributed by atoms with van der Waals surface area (Å²) >= 11 is 0. The minimum atomic E-state index is -0.165. The van der Waals surface area contributed by atoms with Crippen LogP contribution in [0, 0.1) is 6.92 Å². The molecule has 0 fully saturated rings. The molecule has 0 bridgehead atoms. The van der Waals surface area contributed by atoms with Gasteiger partial charge in [0.05, 0.1) is 29.5 Å². The van der Waals surface area contributed by atoms with Crippen LogP contribution in [0.4, 0.5) is 0 Å². The van der Waals surface area contributed by atoms with E-state index in [9.17, 15) is 9.90 Å². The van der Waals surface area contributed by atoms with E-state index in [1.807, 2.05) is 26.0 Å². The van der Waals surface area contributed by atoms with Gasteiger partial charge < -0.3 is 10.0 Å². The highest BCUT2D eigenvalue weighted by molar-refractivity contribution is 5.93. The summed E-state index contributed by atoms with van der Waals surface area (Å²) in [5.41, 5.74) is 3.20. The van der Waals surface area contributed by atoms with Crippen LogP contribution in [0.3, 0.4) is 0 Å². The lowest BCUT2D eigenvalue weighted by atomic mass is 10.2. The van der Waals surface area contributed by atoms with E-state index in [0.717, 1.165) is 11.4 Å². The molecular formula is C18H19N5O2. The first kappa shape index (κ1) is 16.6. The highest BCUT2D eigenvalue weighted by Gasteiger charge is 2.19. The molecule has 25 heavy (non-hydrogen) atoms. The standard InChI is InChI=1S/C18H19N5O2/c1-4-22(3)18(25)16-9-17(15-8-7-14(24)11-20-15)23(21-16)13-6-5-12(2)19-10-13/h5-11,24H,4H2,1-3H3. The summed E-state index contributed by atoms with van der Waals surface area (Å²) in [4.78, 5) is 22.6. The van der Waals surface area contributed by atoms with Crippen LogP contribution < -0.4 is 0 Å². The molecule has 3 heterocycles. The minimum Gasteiger partial charge on any atom is -0.506 e. The van der Waals surface area contributed by atoms with Gasteiger partial charge in [-0.2, -0.15) is 5.10 Å². The van der Waals surface area contributed by atoms with Crippen molar-refractivity contribution < 1.29 is 9.90 Å². The van der Waals surface area contributed by atoms with Crippen LogP contribution in [0.2, 0.25) is 0 Å². The van der Waals surface area contributed by atoms with Crippen molar-refractivity contribution in [3.8, 4) is 22.8 Å². The maximum Gasteiger partial charge on any atom is 0.274 e. The van der Waals surface area contributed by atoms with E-state index < -0.39 is 0 Å². The van der Waals surface area contributed by atoms with E-state index in [-0.39, 0.29) is 11.7 Å². The number of aromatic nitrogens is 4. The maximum absolute atomic E-state index is 12.5. The molecule has 3 rings (SSSR count). The lowest BCUT2D eigenvalue weighted by molar-refractivity contribution is 0.0796. The van der Waals surface area contributed by atoms with Gasteiger partial charge in [0.1, 0.15) is 5.75 Å². The summed E-state index contributed by atoms with van der Waals surface area (Å²) in [5.74, 6) is -0.0878. The smallest absolute Gasteiger partial charge is 0.274 e. The quantitative estimate of drug-likeness (QED) is 0.790. The SMILES string of the molecule is CCN(C)C(=O)c1cc(-c2ccc(O)cn2)n(-c2ccc(C)nc2)n1. The van der Waals surface area contributed by atoms with E-state index >= 15 is 0 Å². The van der Waals surface area contributed by atoms with Gasteiger partial charge in [0.2, 0.25) is 0 Å². The second-order valence-corrected chi connectivity index (χ2v) is 5.71. The van der Waals surface area contributed by atoms with Crippen LogP contribution in [0.5, 0.6) is 5.75 Å². The largest absolute Gasteiger partial charge is 0.506 e. The number of rotatable bonds is 4. The van der Waals surface area contributed by atoms with Crippen LogP contribution in [-0.4, -0.2) is 49.3 Å². The first-order valence-electron chi connectivity index (χ1n) is 7.93. The molecule has 0 atom stereocenters. The summed E-state index contributed by atoms with van der Waals surface area (Å²) in [5, 5.41) is 13.9. The second kappa shape index (κ2) is 6.72. The third kappa shape index (κ3) is 3.35. The Morgan fingerprint density at radius 1 is 1.20 bits per heavy atom. The van der Waals surface area contributed by atoms with Crippen molar-refractivity contribution in [2.45, 2.75) is 13.8 Å². The van der Waals surface area contributed by atoms with Crippen LogP contribution in [0.15, 0.2) is 42.7 Å². The molecule has 0 saturated carbocycles. The van der Waals surface area contributed by atoms with Gasteiger partial charge >= 0.3 is 0 Å². The number of amides is 1. The number of carbonyl (C=O) groups is 1. The summed E-state index contributed by atoms with van der Waals surface area (Å²) < 4.78 is 1.64. The molecule has 0 aliphatic carbocycles. The topological polar surface area (TPSA) is 84.1 Å². The fourth-order valence-corrected chi connectivity index (χ4v) is 2.33. The first-order chi connectivity index (χ1) is 12.0. The van der Waals surface area contributed by atoms with Crippen molar-refractivity contribution in [2.75, 3.05) is 13.6 Å². The predicted molar refractivity (Wildman–Crippen MR) is 93.6 cm³/mol. The number of pyridine rings is 2. The third-order valence-electron chi connectivity index (χ3n) is 3.90. The normalized spacial score (nSPS) is 10.7. The van der Waals surface area contributed by atoms with Gasteiger partial charge in [-0.15, -0.1) is 0 Å². The maximum atomic E-state index is 12.5. The summed E-state index contributed by atoms with van der Waals surface area (Å²) in [6.45, 7) is 4.40. The minimum absolute atomic E-state index is 0.0776. The van der Waals surface area contributed by atoms with Crippen LogP contribution in [0.1, 0.15) is 23.1 Å². The van der Waals surface area contributed by atoms with Gasteiger partial charge in [-0.05, 0) is 44.2 Å². The Balaban J connectivity index is 2.13. The van der Waals surface area contributed by atoms with E-state index in [1.165, 1.54) is 6.20 Å². The Hall–Kier alpha value is -3.22. The molecular weight excluding hydrogens is 318 g/mol. The second-order valence-electron chi connectivity index (χ2n) is 5.71. The van der Waals surface area contributed by atoms with Gasteiger partial charge in [-0.1, -0.05) is 0 Å². The van der Waals surface area contributed by atoms with Crippen molar-refractivity contribution in [3.63, 3.8) is 0 Å². The fraction of sp³-hybridized carbons (Fsp3) is 0.222. The number of hydrogen-bond acceptors (Lipinski definition) is 5. The molecule has 0 unspecified atom stereocenters. The molecule has 0 spiro atoms. The van der Waals surface area contributed by atoms with Crippen molar-refractivity contribution >= 4 is 5.91 Å². The van der Waals surface area contributed by atoms with E-state index in [2.05, 4.69) is 15.1 Å². The van der Waals surface area contributed by atoms with Gasteiger partial charge in [0.15, 0.2) is 5.69 Å². The van der Waals surface area contributed by atoms with Crippen LogP contribution >= 0.6 is 0 Å². The summed E-state index contributed by atoms with van der Waals surface area (Å²) in [7, 11) is 1.73. The molecule has 0 radical (unpaired) electrons.